The number of halogens is 2. The van der Waals surface area contributed by atoms with Crippen LogP contribution in [-0.2, 0) is 16.4 Å². The first-order valence-electron chi connectivity index (χ1n) is 9.86. The lowest BCUT2D eigenvalue weighted by Gasteiger charge is -2.30. The number of hydrogen-bond acceptors (Lipinski definition) is 4. The average molecular weight is 491 g/mol. The van der Waals surface area contributed by atoms with Crippen molar-refractivity contribution < 1.29 is 17.9 Å². The second-order valence-electron chi connectivity index (χ2n) is 7.25. The molecule has 0 atom stereocenters. The maximum absolute atomic E-state index is 13.5. The van der Waals surface area contributed by atoms with Crippen molar-refractivity contribution in [3.8, 4) is 5.75 Å². The Kier molecular flexibility index (Phi) is 6.33. The fourth-order valence-electron chi connectivity index (χ4n) is 3.68. The Bertz CT molecular complexity index is 1290. The minimum absolute atomic E-state index is 0.0486. The fraction of sp³-hybridized carbons (Fsp3) is 0.174. The summed E-state index contributed by atoms with van der Waals surface area (Å²) in [7, 11) is -2.41. The van der Waals surface area contributed by atoms with Crippen molar-refractivity contribution in [3.05, 3.63) is 81.8 Å². The molecule has 0 saturated heterocycles. The van der Waals surface area contributed by atoms with Gasteiger partial charge in [-0.1, -0.05) is 41.4 Å². The first kappa shape index (κ1) is 22.5. The van der Waals surface area contributed by atoms with E-state index in [1.54, 1.807) is 12.1 Å². The molecule has 1 aliphatic heterocycles. The van der Waals surface area contributed by atoms with Crippen LogP contribution in [0.15, 0.2) is 65.6 Å². The molecular formula is C23H20Cl2N2O4S. The molecule has 1 aliphatic rings. The number of methoxy groups -OCH3 is 1. The Balaban J connectivity index is 1.70. The van der Waals surface area contributed by atoms with Gasteiger partial charge < -0.3 is 10.1 Å². The van der Waals surface area contributed by atoms with E-state index in [0.29, 0.717) is 23.0 Å². The van der Waals surface area contributed by atoms with Gasteiger partial charge in [0, 0.05) is 11.6 Å². The number of anilines is 2. The van der Waals surface area contributed by atoms with Gasteiger partial charge in [0.25, 0.3) is 15.9 Å². The van der Waals surface area contributed by atoms with Crippen molar-refractivity contribution in [3.63, 3.8) is 0 Å². The molecule has 3 aromatic rings. The first-order valence-corrected chi connectivity index (χ1v) is 12.1. The summed E-state index contributed by atoms with van der Waals surface area (Å²) in [5, 5.41) is 3.28. The largest absolute Gasteiger partial charge is 0.495 e. The van der Waals surface area contributed by atoms with Crippen LogP contribution in [0, 0.1) is 0 Å². The third-order valence-corrected chi connectivity index (χ3v) is 7.61. The topological polar surface area (TPSA) is 75.7 Å². The SMILES string of the molecule is COc1ccc(S(=O)(=O)N2CCCc3ccccc32)cc1NC(=O)c1ccc(Cl)cc1Cl. The summed E-state index contributed by atoms with van der Waals surface area (Å²) >= 11 is 12.0. The highest BCUT2D eigenvalue weighted by Crippen LogP contribution is 2.35. The summed E-state index contributed by atoms with van der Waals surface area (Å²) in [6, 6.07) is 16.4. The van der Waals surface area contributed by atoms with E-state index in [0.717, 1.165) is 18.4 Å². The fourth-order valence-corrected chi connectivity index (χ4v) is 5.75. The van der Waals surface area contributed by atoms with Crippen LogP contribution >= 0.6 is 23.2 Å². The average Bonchev–Trinajstić information content (AvgIpc) is 2.78. The van der Waals surface area contributed by atoms with Crippen LogP contribution in [-0.4, -0.2) is 28.0 Å². The van der Waals surface area contributed by atoms with Crippen LogP contribution in [0.5, 0.6) is 5.75 Å². The van der Waals surface area contributed by atoms with E-state index in [-0.39, 0.29) is 21.2 Å². The Morgan fingerprint density at radius 1 is 1.06 bits per heavy atom. The molecular weight excluding hydrogens is 471 g/mol. The van der Waals surface area contributed by atoms with Crippen LogP contribution in [0.25, 0.3) is 0 Å². The molecule has 0 aromatic heterocycles. The number of ether oxygens (including phenoxy) is 1. The van der Waals surface area contributed by atoms with Crippen LogP contribution in [0.2, 0.25) is 10.0 Å². The van der Waals surface area contributed by atoms with Gasteiger partial charge >= 0.3 is 0 Å². The molecule has 0 bridgehead atoms. The lowest BCUT2D eigenvalue weighted by atomic mass is 10.0. The smallest absolute Gasteiger partial charge is 0.264 e. The van der Waals surface area contributed by atoms with E-state index in [9.17, 15) is 13.2 Å². The quantitative estimate of drug-likeness (QED) is 0.519. The van der Waals surface area contributed by atoms with Gasteiger partial charge in [0.1, 0.15) is 5.75 Å². The molecule has 166 valence electrons. The van der Waals surface area contributed by atoms with Crippen molar-refractivity contribution in [2.45, 2.75) is 17.7 Å². The number of carbonyl (C=O) groups excluding carboxylic acids is 1. The van der Waals surface area contributed by atoms with E-state index in [2.05, 4.69) is 5.32 Å². The molecule has 4 rings (SSSR count). The summed E-state index contributed by atoms with van der Waals surface area (Å²) in [6.07, 6.45) is 1.55. The minimum atomic E-state index is -3.85. The molecule has 1 heterocycles. The molecule has 0 radical (unpaired) electrons. The molecule has 0 unspecified atom stereocenters. The standard InChI is InChI=1S/C23H20Cl2N2O4S/c1-31-22-11-9-17(14-20(22)26-23(28)18-10-8-16(24)13-19(18)25)32(29,30)27-12-4-6-15-5-2-3-7-21(15)27/h2-3,5,7-11,13-14H,4,6,12H2,1H3,(H,26,28). The molecule has 0 spiro atoms. The van der Waals surface area contributed by atoms with Gasteiger partial charge in [-0.3, -0.25) is 9.10 Å². The predicted octanol–water partition coefficient (Wildman–Crippen LogP) is 5.40. The van der Waals surface area contributed by atoms with Crippen LogP contribution in [0.4, 0.5) is 11.4 Å². The highest BCUT2D eigenvalue weighted by atomic mass is 35.5. The molecule has 0 saturated carbocycles. The van der Waals surface area contributed by atoms with Crippen LogP contribution in [0.3, 0.4) is 0 Å². The lowest BCUT2D eigenvalue weighted by Crippen LogP contribution is -2.35. The first-order chi connectivity index (χ1) is 15.3. The predicted molar refractivity (Wildman–Crippen MR) is 127 cm³/mol. The van der Waals surface area contributed by atoms with E-state index in [4.69, 9.17) is 27.9 Å². The summed E-state index contributed by atoms with van der Waals surface area (Å²) in [5.74, 6) is -0.190. The number of para-hydroxylation sites is 1. The summed E-state index contributed by atoms with van der Waals surface area (Å²) in [6.45, 7) is 0.382. The third-order valence-electron chi connectivity index (χ3n) is 5.25. The van der Waals surface area contributed by atoms with Crippen molar-refractivity contribution in [2.24, 2.45) is 0 Å². The van der Waals surface area contributed by atoms with Gasteiger partial charge in [0.2, 0.25) is 0 Å². The zero-order chi connectivity index (χ0) is 22.9. The van der Waals surface area contributed by atoms with Crippen LogP contribution in [0.1, 0.15) is 22.3 Å². The maximum atomic E-state index is 13.5. The zero-order valence-electron chi connectivity index (χ0n) is 17.1. The molecule has 1 N–H and O–H groups in total. The molecule has 1 amide bonds. The Labute approximate surface area is 196 Å². The number of fused-ring (bicyclic) bond motifs is 1. The van der Waals surface area contributed by atoms with E-state index in [1.165, 1.54) is 41.7 Å². The van der Waals surface area contributed by atoms with Gasteiger partial charge in [0.15, 0.2) is 0 Å². The molecule has 0 fully saturated rings. The second kappa shape index (κ2) is 9.02. The number of sulfonamides is 1. The van der Waals surface area contributed by atoms with E-state index >= 15 is 0 Å². The van der Waals surface area contributed by atoms with E-state index in [1.807, 2.05) is 18.2 Å². The number of hydrogen-bond donors (Lipinski definition) is 1. The van der Waals surface area contributed by atoms with Crippen molar-refractivity contribution in [1.29, 1.82) is 0 Å². The van der Waals surface area contributed by atoms with Crippen LogP contribution < -0.4 is 14.4 Å². The van der Waals surface area contributed by atoms with Gasteiger partial charge in [-0.15, -0.1) is 0 Å². The van der Waals surface area contributed by atoms with Gasteiger partial charge in [-0.05, 0) is 60.9 Å². The van der Waals surface area contributed by atoms with Crippen molar-refractivity contribution in [1.82, 2.24) is 0 Å². The number of nitrogens with zero attached hydrogens (tertiary/aromatic N) is 1. The monoisotopic (exact) mass is 490 g/mol. The van der Waals surface area contributed by atoms with Gasteiger partial charge in [-0.2, -0.15) is 0 Å². The maximum Gasteiger partial charge on any atom is 0.264 e. The number of carbonyl (C=O) groups is 1. The number of amides is 1. The van der Waals surface area contributed by atoms with Crippen molar-refractivity contribution in [2.75, 3.05) is 23.3 Å². The number of benzene rings is 3. The van der Waals surface area contributed by atoms with Gasteiger partial charge in [-0.25, -0.2) is 8.42 Å². The summed E-state index contributed by atoms with van der Waals surface area (Å²) in [4.78, 5) is 12.8. The summed E-state index contributed by atoms with van der Waals surface area (Å²) in [5.41, 5.74) is 2.08. The zero-order valence-corrected chi connectivity index (χ0v) is 19.5. The number of nitrogens with one attached hydrogen (secondary N) is 1. The highest BCUT2D eigenvalue weighted by Gasteiger charge is 2.29. The highest BCUT2D eigenvalue weighted by molar-refractivity contribution is 7.92. The van der Waals surface area contributed by atoms with E-state index < -0.39 is 15.9 Å². The molecule has 32 heavy (non-hydrogen) atoms. The Morgan fingerprint density at radius 3 is 2.59 bits per heavy atom. The molecule has 0 aliphatic carbocycles. The minimum Gasteiger partial charge on any atom is -0.495 e. The molecule has 3 aromatic carbocycles. The van der Waals surface area contributed by atoms with Gasteiger partial charge in [0.05, 0.1) is 34.0 Å². The van der Waals surface area contributed by atoms with Crippen molar-refractivity contribution >= 4 is 50.5 Å². The Morgan fingerprint density at radius 2 is 1.84 bits per heavy atom. The third kappa shape index (κ3) is 4.28. The Hall–Kier alpha value is -2.74. The normalized spacial score (nSPS) is 13.4. The number of rotatable bonds is 5. The lowest BCUT2D eigenvalue weighted by molar-refractivity contribution is 0.102. The number of aryl methyl sites for hydroxylation is 1. The second-order valence-corrected chi connectivity index (χ2v) is 9.96. The molecule has 9 heteroatoms. The molecule has 6 nitrogen and oxygen atoms in total. The summed E-state index contributed by atoms with van der Waals surface area (Å²) < 4.78 is 33.7.